The maximum atomic E-state index is 5.78. The van der Waals surface area contributed by atoms with Gasteiger partial charge in [-0.2, -0.15) is 4.98 Å². The topological polar surface area (TPSA) is 76.8 Å². The minimum Gasteiger partial charge on any atom is -0.455 e. The number of hydrogen-bond acceptors (Lipinski definition) is 4. The van der Waals surface area contributed by atoms with Gasteiger partial charge in [0.05, 0.1) is 11.7 Å². The maximum Gasteiger partial charge on any atom is 0.200 e. The number of nitrogens with two attached hydrogens (primary N) is 1. The van der Waals surface area contributed by atoms with E-state index >= 15 is 0 Å². The van der Waals surface area contributed by atoms with Crippen molar-refractivity contribution in [2.45, 2.75) is 6.92 Å². The highest BCUT2D eigenvalue weighted by Crippen LogP contribution is 2.25. The molecule has 0 atom stereocenters. The Bertz CT molecular complexity index is 705. The Morgan fingerprint density at radius 1 is 1.28 bits per heavy atom. The highest BCUT2D eigenvalue weighted by molar-refractivity contribution is 5.74. The van der Waals surface area contributed by atoms with Gasteiger partial charge in [-0.3, -0.25) is 0 Å². The summed E-state index contributed by atoms with van der Waals surface area (Å²) in [4.78, 5) is 11.1. The van der Waals surface area contributed by atoms with Crippen molar-refractivity contribution in [1.29, 1.82) is 0 Å². The molecule has 3 aromatic rings. The van der Waals surface area contributed by atoms with Crippen molar-refractivity contribution in [3.63, 3.8) is 0 Å². The van der Waals surface area contributed by atoms with Gasteiger partial charge in [0, 0.05) is 6.07 Å². The first kappa shape index (κ1) is 10.6. The second-order valence-corrected chi connectivity index (χ2v) is 4.03. The molecule has 5 nitrogen and oxygen atoms in total. The lowest BCUT2D eigenvalue weighted by atomic mass is 10.2. The number of anilines is 1. The highest BCUT2D eigenvalue weighted by atomic mass is 16.5. The summed E-state index contributed by atoms with van der Waals surface area (Å²) < 4.78 is 5.78. The number of H-pyrrole nitrogens is 1. The second kappa shape index (κ2) is 4.03. The fraction of sp³-hybridized carbons (Fsp3) is 0.0769. The number of hydrogen-bond donors (Lipinski definition) is 2. The molecule has 3 rings (SSSR count). The van der Waals surface area contributed by atoms with Gasteiger partial charge in [-0.1, -0.05) is 18.2 Å². The number of para-hydroxylation sites is 1. The molecule has 0 unspecified atom stereocenters. The fourth-order valence-electron chi connectivity index (χ4n) is 1.75. The molecule has 90 valence electrons. The molecular weight excluding hydrogens is 228 g/mol. The summed E-state index contributed by atoms with van der Waals surface area (Å²) in [5.74, 6) is 1.82. The van der Waals surface area contributed by atoms with Crippen LogP contribution in [0.25, 0.3) is 11.2 Å². The van der Waals surface area contributed by atoms with E-state index in [4.69, 9.17) is 10.5 Å². The first-order valence-electron chi connectivity index (χ1n) is 5.57. The smallest absolute Gasteiger partial charge is 0.200 e. The summed E-state index contributed by atoms with van der Waals surface area (Å²) >= 11 is 0. The minimum atomic E-state index is 0.352. The molecule has 2 heterocycles. The SMILES string of the molecule is Cc1ccccc1Oc1cnc2nc(N)[nH]c2c1. The number of ether oxygens (including phenoxy) is 1. The number of benzene rings is 1. The third-order valence-corrected chi connectivity index (χ3v) is 2.65. The highest BCUT2D eigenvalue weighted by Gasteiger charge is 2.05. The van der Waals surface area contributed by atoms with E-state index in [1.54, 1.807) is 6.20 Å². The molecule has 1 aromatic carbocycles. The van der Waals surface area contributed by atoms with E-state index in [9.17, 15) is 0 Å². The van der Waals surface area contributed by atoms with Crippen LogP contribution >= 0.6 is 0 Å². The summed E-state index contributed by atoms with van der Waals surface area (Å²) in [5, 5.41) is 0. The molecule has 5 heteroatoms. The van der Waals surface area contributed by atoms with Gasteiger partial charge in [-0.15, -0.1) is 0 Å². The van der Waals surface area contributed by atoms with E-state index < -0.39 is 0 Å². The summed E-state index contributed by atoms with van der Waals surface area (Å²) in [6, 6.07) is 9.65. The van der Waals surface area contributed by atoms with Crippen molar-refractivity contribution in [2.24, 2.45) is 0 Å². The number of nitrogens with zero attached hydrogens (tertiary/aromatic N) is 2. The number of rotatable bonds is 2. The second-order valence-electron chi connectivity index (χ2n) is 4.03. The molecule has 0 saturated heterocycles. The van der Waals surface area contributed by atoms with Crippen molar-refractivity contribution in [3.05, 3.63) is 42.1 Å². The van der Waals surface area contributed by atoms with Gasteiger partial charge in [-0.25, -0.2) is 4.98 Å². The Hall–Kier alpha value is -2.56. The van der Waals surface area contributed by atoms with Gasteiger partial charge in [-0.05, 0) is 18.6 Å². The van der Waals surface area contributed by atoms with Gasteiger partial charge >= 0.3 is 0 Å². The molecule has 18 heavy (non-hydrogen) atoms. The van der Waals surface area contributed by atoms with Crippen molar-refractivity contribution in [3.8, 4) is 11.5 Å². The lowest BCUT2D eigenvalue weighted by Crippen LogP contribution is -1.88. The maximum absolute atomic E-state index is 5.78. The Morgan fingerprint density at radius 2 is 2.11 bits per heavy atom. The zero-order valence-corrected chi connectivity index (χ0v) is 9.84. The van der Waals surface area contributed by atoms with Crippen molar-refractivity contribution in [1.82, 2.24) is 15.0 Å². The minimum absolute atomic E-state index is 0.352. The molecule has 0 aliphatic rings. The van der Waals surface area contributed by atoms with Crippen LogP contribution in [0.5, 0.6) is 11.5 Å². The van der Waals surface area contributed by atoms with E-state index in [0.717, 1.165) is 16.8 Å². The summed E-state index contributed by atoms with van der Waals surface area (Å²) in [7, 11) is 0. The largest absolute Gasteiger partial charge is 0.455 e. The number of imidazole rings is 1. The van der Waals surface area contributed by atoms with Crippen molar-refractivity contribution >= 4 is 17.1 Å². The molecule has 0 amide bonds. The predicted octanol–water partition coefficient (Wildman–Crippen LogP) is 2.64. The Labute approximate surface area is 104 Å². The van der Waals surface area contributed by atoms with Crippen LogP contribution in [0.4, 0.5) is 5.95 Å². The molecule has 2 aromatic heterocycles. The van der Waals surface area contributed by atoms with Gasteiger partial charge in [0.1, 0.15) is 11.5 Å². The molecular formula is C13H12N4O. The Kier molecular flexibility index (Phi) is 2.37. The average Bonchev–Trinajstić information content (AvgIpc) is 2.71. The van der Waals surface area contributed by atoms with Gasteiger partial charge in [0.25, 0.3) is 0 Å². The summed E-state index contributed by atoms with van der Waals surface area (Å²) in [6.45, 7) is 2.00. The monoisotopic (exact) mass is 240 g/mol. The zero-order valence-electron chi connectivity index (χ0n) is 9.84. The fourth-order valence-corrected chi connectivity index (χ4v) is 1.75. The van der Waals surface area contributed by atoms with Crippen LogP contribution in [0.1, 0.15) is 5.56 Å². The first-order chi connectivity index (χ1) is 8.72. The standard InChI is InChI=1S/C13H12N4O/c1-8-4-2-3-5-11(8)18-9-6-10-12(15-7-9)17-13(14)16-10/h2-7H,1H3,(H3,14,15,16,17). The van der Waals surface area contributed by atoms with E-state index in [1.165, 1.54) is 0 Å². The van der Waals surface area contributed by atoms with Gasteiger partial charge in [0.2, 0.25) is 0 Å². The number of pyridine rings is 1. The molecule has 0 aliphatic carbocycles. The summed E-state index contributed by atoms with van der Waals surface area (Å²) in [5.41, 5.74) is 7.99. The van der Waals surface area contributed by atoms with Crippen molar-refractivity contribution in [2.75, 3.05) is 5.73 Å². The molecule has 0 saturated carbocycles. The number of aromatic amines is 1. The van der Waals surface area contributed by atoms with Crippen LogP contribution in [0.2, 0.25) is 0 Å². The van der Waals surface area contributed by atoms with Crippen LogP contribution < -0.4 is 10.5 Å². The molecule has 0 radical (unpaired) electrons. The number of nitrogens with one attached hydrogen (secondary N) is 1. The number of aromatic nitrogens is 3. The number of fused-ring (bicyclic) bond motifs is 1. The molecule has 3 N–H and O–H groups in total. The van der Waals surface area contributed by atoms with Gasteiger partial charge in [0.15, 0.2) is 11.6 Å². The first-order valence-corrected chi connectivity index (χ1v) is 5.57. The molecule has 0 fully saturated rings. The van der Waals surface area contributed by atoms with E-state index in [2.05, 4.69) is 15.0 Å². The van der Waals surface area contributed by atoms with Gasteiger partial charge < -0.3 is 15.5 Å². The lowest BCUT2D eigenvalue weighted by molar-refractivity contribution is 0.477. The zero-order chi connectivity index (χ0) is 12.5. The number of aryl methyl sites for hydroxylation is 1. The lowest BCUT2D eigenvalue weighted by Gasteiger charge is -2.07. The molecule has 0 bridgehead atoms. The molecule has 0 spiro atoms. The summed E-state index contributed by atoms with van der Waals surface area (Å²) in [6.07, 6.45) is 1.63. The van der Waals surface area contributed by atoms with Crippen LogP contribution in [0.3, 0.4) is 0 Å². The average molecular weight is 240 g/mol. The van der Waals surface area contributed by atoms with Crippen LogP contribution in [-0.4, -0.2) is 15.0 Å². The third-order valence-electron chi connectivity index (χ3n) is 2.65. The quantitative estimate of drug-likeness (QED) is 0.721. The molecule has 0 aliphatic heterocycles. The van der Waals surface area contributed by atoms with E-state index in [1.807, 2.05) is 37.3 Å². The predicted molar refractivity (Wildman–Crippen MR) is 69.6 cm³/mol. The Morgan fingerprint density at radius 3 is 2.94 bits per heavy atom. The van der Waals surface area contributed by atoms with Crippen molar-refractivity contribution < 1.29 is 4.74 Å². The van der Waals surface area contributed by atoms with E-state index in [0.29, 0.717) is 17.3 Å². The third kappa shape index (κ3) is 1.86. The van der Waals surface area contributed by atoms with Crippen LogP contribution in [0, 0.1) is 6.92 Å². The number of nitrogen functional groups attached to an aromatic ring is 1. The normalized spacial score (nSPS) is 10.7. The van der Waals surface area contributed by atoms with Crippen LogP contribution in [0.15, 0.2) is 36.5 Å². The van der Waals surface area contributed by atoms with Crippen LogP contribution in [-0.2, 0) is 0 Å². The van der Waals surface area contributed by atoms with E-state index in [-0.39, 0.29) is 0 Å². The Balaban J connectivity index is 1.97.